The largest absolute Gasteiger partial charge is 0.452 e. The second-order valence-corrected chi connectivity index (χ2v) is 12.3. The maximum Gasteiger partial charge on any atom is 0.221 e. The Bertz CT molecular complexity index is 964. The van der Waals surface area contributed by atoms with Crippen LogP contribution in [0.5, 0.6) is 5.75 Å². The topological polar surface area (TPSA) is 35.5 Å². The quantitative estimate of drug-likeness (QED) is 0.385. The fourth-order valence-electron chi connectivity index (χ4n) is 7.54. The Labute approximate surface area is 199 Å². The smallest absolute Gasteiger partial charge is 0.221 e. The van der Waals surface area contributed by atoms with Crippen LogP contribution in [0.25, 0.3) is 0 Å². The summed E-state index contributed by atoms with van der Waals surface area (Å²) in [5, 5.41) is 0. The summed E-state index contributed by atoms with van der Waals surface area (Å²) in [4.78, 5) is 12.8. The summed E-state index contributed by atoms with van der Waals surface area (Å²) in [6.45, 7) is 9.79. The molecule has 2 saturated carbocycles. The van der Waals surface area contributed by atoms with E-state index in [4.69, 9.17) is 9.47 Å². The van der Waals surface area contributed by atoms with E-state index in [9.17, 15) is 4.79 Å². The number of benzene rings is 1. The Morgan fingerprint density at radius 1 is 1.03 bits per heavy atom. The zero-order chi connectivity index (χ0) is 22.1. The van der Waals surface area contributed by atoms with Crippen molar-refractivity contribution in [2.45, 2.75) is 77.4 Å². The molecule has 0 radical (unpaired) electrons. The van der Waals surface area contributed by atoms with Crippen molar-refractivity contribution in [1.82, 2.24) is 0 Å². The molecule has 1 saturated heterocycles. The first-order chi connectivity index (χ1) is 14.6. The Balaban J connectivity index is 1.53. The Morgan fingerprint density at radius 2 is 1.77 bits per heavy atom. The van der Waals surface area contributed by atoms with Gasteiger partial charge in [-0.15, -0.1) is 0 Å². The average molecular weight is 532 g/mol. The lowest BCUT2D eigenvalue weighted by Crippen LogP contribution is -2.55. The minimum absolute atomic E-state index is 0.0783. The zero-order valence-electron chi connectivity index (χ0n) is 19.0. The Hall–Kier alpha value is -1.14. The third kappa shape index (κ3) is 3.26. The molecule has 5 rings (SSSR count). The molecule has 3 aliphatic carbocycles. The van der Waals surface area contributed by atoms with Crippen molar-refractivity contribution in [2.24, 2.45) is 22.7 Å². The molecule has 4 heteroatoms. The van der Waals surface area contributed by atoms with Crippen LogP contribution in [-0.4, -0.2) is 17.0 Å². The van der Waals surface area contributed by atoms with Crippen LogP contribution in [0.1, 0.15) is 66.2 Å². The molecule has 5 atom stereocenters. The molecule has 3 fully saturated rings. The highest BCUT2D eigenvalue weighted by Crippen LogP contribution is 2.68. The van der Waals surface area contributed by atoms with Crippen molar-refractivity contribution in [3.63, 3.8) is 0 Å². The van der Waals surface area contributed by atoms with Gasteiger partial charge in [0.1, 0.15) is 11.4 Å². The standard InChI is InChI=1S/C27H33IO3/c1-24(2)13-8-14-25(3)20(24)12-15-26(4)21(25)17-27(31-26)16-11-19(29)22(23(27)28)30-18-9-6-5-7-10-18/h5-7,9-11,16,20-21H,8,12-15,17H2,1-4H3/t20-,21+,25-,26-,27?/m0/s1. The first-order valence-corrected chi connectivity index (χ1v) is 12.7. The monoisotopic (exact) mass is 532 g/mol. The average Bonchev–Trinajstić information content (AvgIpc) is 3.04. The Morgan fingerprint density at radius 3 is 2.52 bits per heavy atom. The maximum absolute atomic E-state index is 12.8. The predicted octanol–water partition coefficient (Wildman–Crippen LogP) is 7.01. The minimum atomic E-state index is -0.558. The lowest BCUT2D eigenvalue weighted by Gasteiger charge is -2.60. The zero-order valence-corrected chi connectivity index (χ0v) is 21.2. The van der Waals surface area contributed by atoms with Crippen LogP contribution in [0.4, 0.5) is 0 Å². The molecular formula is C27H33IO3. The Kier molecular flexibility index (Phi) is 5.02. The van der Waals surface area contributed by atoms with Crippen molar-refractivity contribution >= 4 is 28.4 Å². The van der Waals surface area contributed by atoms with Gasteiger partial charge in [-0.3, -0.25) is 4.79 Å². The van der Waals surface area contributed by atoms with E-state index in [1.807, 2.05) is 36.4 Å². The summed E-state index contributed by atoms with van der Waals surface area (Å²) in [5.41, 5.74) is -0.0763. The number of halogens is 1. The number of hydrogen-bond donors (Lipinski definition) is 0. The molecule has 1 heterocycles. The molecule has 0 N–H and O–H groups in total. The van der Waals surface area contributed by atoms with E-state index in [0.29, 0.717) is 22.8 Å². The van der Waals surface area contributed by atoms with Crippen molar-refractivity contribution in [3.05, 3.63) is 51.8 Å². The molecule has 166 valence electrons. The van der Waals surface area contributed by atoms with Gasteiger partial charge < -0.3 is 9.47 Å². The van der Waals surface area contributed by atoms with Gasteiger partial charge in [0.2, 0.25) is 5.78 Å². The highest BCUT2D eigenvalue weighted by Gasteiger charge is 2.66. The first kappa shape index (κ1) is 21.7. The van der Waals surface area contributed by atoms with Crippen molar-refractivity contribution < 1.29 is 14.3 Å². The summed E-state index contributed by atoms with van der Waals surface area (Å²) in [6, 6.07) is 9.58. The van der Waals surface area contributed by atoms with E-state index in [1.165, 1.54) is 25.7 Å². The fourth-order valence-corrected chi connectivity index (χ4v) is 8.42. The number of carbonyl (C=O) groups excluding carboxylic acids is 1. The SMILES string of the molecule is CC1(C)CCC[C@]2(C)[C@H]3CC4(C=CC(=O)C(Oc5ccccc5)=C4I)O[C@@]3(C)CC[C@@H]12. The van der Waals surface area contributed by atoms with E-state index in [-0.39, 0.29) is 16.8 Å². The number of para-hydroxylation sites is 1. The highest BCUT2D eigenvalue weighted by molar-refractivity contribution is 14.1. The van der Waals surface area contributed by atoms with E-state index < -0.39 is 5.60 Å². The number of carbonyl (C=O) groups is 1. The minimum Gasteiger partial charge on any atom is -0.452 e. The predicted molar refractivity (Wildman–Crippen MR) is 131 cm³/mol. The van der Waals surface area contributed by atoms with Gasteiger partial charge >= 0.3 is 0 Å². The third-order valence-corrected chi connectivity index (χ3v) is 10.3. The van der Waals surface area contributed by atoms with Gasteiger partial charge in [0.05, 0.1) is 9.18 Å². The number of fused-ring (bicyclic) bond motifs is 3. The number of rotatable bonds is 2. The fraction of sp³-hybridized carbons (Fsp3) is 0.593. The van der Waals surface area contributed by atoms with Gasteiger partial charge in [0.25, 0.3) is 0 Å². The van der Waals surface area contributed by atoms with Crippen LogP contribution in [0, 0.1) is 22.7 Å². The molecule has 1 aromatic rings. The van der Waals surface area contributed by atoms with Gasteiger partial charge in [-0.2, -0.15) is 0 Å². The van der Waals surface area contributed by atoms with E-state index in [1.54, 1.807) is 6.08 Å². The molecule has 1 unspecified atom stereocenters. The van der Waals surface area contributed by atoms with Crippen LogP contribution in [0.2, 0.25) is 0 Å². The molecule has 4 aliphatic rings. The highest BCUT2D eigenvalue weighted by atomic mass is 127. The molecular weight excluding hydrogens is 499 g/mol. The van der Waals surface area contributed by atoms with E-state index >= 15 is 0 Å². The number of allylic oxidation sites excluding steroid dienone is 1. The van der Waals surface area contributed by atoms with Gasteiger partial charge in [-0.1, -0.05) is 45.4 Å². The second kappa shape index (κ2) is 7.18. The summed E-state index contributed by atoms with van der Waals surface area (Å²) in [6.07, 6.45) is 10.8. The molecule has 1 spiro atoms. The lowest BCUT2D eigenvalue weighted by molar-refractivity contribution is -0.159. The van der Waals surface area contributed by atoms with Crippen LogP contribution in [0.3, 0.4) is 0 Å². The molecule has 31 heavy (non-hydrogen) atoms. The van der Waals surface area contributed by atoms with Crippen molar-refractivity contribution in [1.29, 1.82) is 0 Å². The maximum atomic E-state index is 12.8. The van der Waals surface area contributed by atoms with Gasteiger partial charge in [0.15, 0.2) is 5.76 Å². The summed E-state index contributed by atoms with van der Waals surface area (Å²) in [5.74, 6) is 2.22. The number of ether oxygens (including phenoxy) is 2. The van der Waals surface area contributed by atoms with Gasteiger partial charge in [-0.25, -0.2) is 0 Å². The van der Waals surface area contributed by atoms with E-state index in [2.05, 4.69) is 50.3 Å². The normalized spacial score (nSPS) is 41.3. The van der Waals surface area contributed by atoms with Crippen LogP contribution < -0.4 is 4.74 Å². The van der Waals surface area contributed by atoms with Crippen LogP contribution in [-0.2, 0) is 9.53 Å². The second-order valence-electron chi connectivity index (χ2n) is 11.3. The lowest BCUT2D eigenvalue weighted by atomic mass is 9.45. The number of hydrogen-bond acceptors (Lipinski definition) is 3. The third-order valence-electron chi connectivity index (χ3n) is 8.92. The van der Waals surface area contributed by atoms with E-state index in [0.717, 1.165) is 22.3 Å². The summed E-state index contributed by atoms with van der Waals surface area (Å²) in [7, 11) is 0. The summed E-state index contributed by atoms with van der Waals surface area (Å²) < 4.78 is 14.0. The molecule has 1 aliphatic heterocycles. The molecule has 1 aromatic carbocycles. The van der Waals surface area contributed by atoms with Crippen LogP contribution in [0.15, 0.2) is 51.8 Å². The molecule has 3 nitrogen and oxygen atoms in total. The van der Waals surface area contributed by atoms with Gasteiger partial charge in [0, 0.05) is 0 Å². The molecule has 0 amide bonds. The van der Waals surface area contributed by atoms with Gasteiger partial charge in [-0.05, 0) is 109 Å². The molecule has 0 bridgehead atoms. The molecule has 0 aromatic heterocycles. The van der Waals surface area contributed by atoms with Crippen molar-refractivity contribution in [2.75, 3.05) is 0 Å². The van der Waals surface area contributed by atoms with Crippen LogP contribution >= 0.6 is 22.6 Å². The summed E-state index contributed by atoms with van der Waals surface area (Å²) >= 11 is 2.31. The van der Waals surface area contributed by atoms with Crippen molar-refractivity contribution in [3.8, 4) is 5.75 Å². The first-order valence-electron chi connectivity index (χ1n) is 11.7. The number of ketones is 1.